The fourth-order valence-corrected chi connectivity index (χ4v) is 3.67. The predicted octanol–water partition coefficient (Wildman–Crippen LogP) is 6.49. The molecule has 0 unspecified atom stereocenters. The van der Waals surface area contributed by atoms with E-state index >= 15 is 0 Å². The maximum atomic E-state index is 12.8. The molecule has 0 saturated heterocycles. The average molecular weight is 511 g/mol. The number of rotatable bonds is 7. The molecule has 0 aliphatic carbocycles. The Morgan fingerprint density at radius 1 is 1.06 bits per heavy atom. The number of anilines is 1. The van der Waals surface area contributed by atoms with Crippen molar-refractivity contribution in [3.8, 4) is 5.75 Å². The summed E-state index contributed by atoms with van der Waals surface area (Å²) in [5, 5.41) is 8.08. The molecular weight excluding hydrogens is 490 g/mol. The van der Waals surface area contributed by atoms with E-state index in [2.05, 4.69) is 26.3 Å². The van der Waals surface area contributed by atoms with Crippen LogP contribution in [0.4, 0.5) is 5.82 Å². The quantitative estimate of drug-likeness (QED) is 0.309. The van der Waals surface area contributed by atoms with Gasteiger partial charge in [0.2, 0.25) is 0 Å². The maximum absolute atomic E-state index is 12.8. The standard InChI is InChI=1S/C25H21BrClN3O2/c1-17-13-24(29-30(17)15-20-6-2-3-8-23(20)27)28-25(31)19-7-4-5-18(14-19)16-32-22-11-9-21(26)10-12-22/h2-14H,15-16H2,1H3,(H,28,29,31). The largest absolute Gasteiger partial charge is 0.489 e. The number of benzene rings is 3. The highest BCUT2D eigenvalue weighted by molar-refractivity contribution is 9.10. The van der Waals surface area contributed by atoms with Gasteiger partial charge in [0.1, 0.15) is 12.4 Å². The van der Waals surface area contributed by atoms with Crippen LogP contribution in [0, 0.1) is 6.92 Å². The highest BCUT2D eigenvalue weighted by Crippen LogP contribution is 2.20. The van der Waals surface area contributed by atoms with E-state index in [0.29, 0.717) is 29.6 Å². The van der Waals surface area contributed by atoms with Crippen molar-refractivity contribution in [2.75, 3.05) is 5.32 Å². The molecule has 4 rings (SSSR count). The van der Waals surface area contributed by atoms with Crippen molar-refractivity contribution in [2.24, 2.45) is 0 Å². The van der Waals surface area contributed by atoms with Gasteiger partial charge >= 0.3 is 0 Å². The van der Waals surface area contributed by atoms with Crippen LogP contribution in [0.5, 0.6) is 5.75 Å². The molecule has 1 heterocycles. The molecule has 0 bridgehead atoms. The minimum absolute atomic E-state index is 0.224. The molecule has 3 aromatic carbocycles. The number of carbonyl (C=O) groups excluding carboxylic acids is 1. The first-order valence-corrected chi connectivity index (χ1v) is 11.2. The van der Waals surface area contributed by atoms with Crippen molar-refractivity contribution < 1.29 is 9.53 Å². The second-order valence-corrected chi connectivity index (χ2v) is 8.64. The number of hydrogen-bond donors (Lipinski definition) is 1. The summed E-state index contributed by atoms with van der Waals surface area (Å²) in [5.41, 5.74) is 3.34. The van der Waals surface area contributed by atoms with Crippen LogP contribution in [-0.4, -0.2) is 15.7 Å². The summed E-state index contributed by atoms with van der Waals surface area (Å²) in [7, 11) is 0. The Labute approximate surface area is 200 Å². The summed E-state index contributed by atoms with van der Waals surface area (Å²) in [6.45, 7) is 2.85. The molecule has 162 valence electrons. The van der Waals surface area contributed by atoms with Gasteiger partial charge in [0.15, 0.2) is 5.82 Å². The van der Waals surface area contributed by atoms with Crippen LogP contribution in [0.3, 0.4) is 0 Å². The number of carbonyl (C=O) groups is 1. The molecule has 0 fully saturated rings. The predicted molar refractivity (Wildman–Crippen MR) is 130 cm³/mol. The summed E-state index contributed by atoms with van der Waals surface area (Å²) >= 11 is 9.67. The fourth-order valence-electron chi connectivity index (χ4n) is 3.21. The molecule has 0 saturated carbocycles. The van der Waals surface area contributed by atoms with E-state index in [1.807, 2.05) is 84.4 Å². The number of ether oxygens (including phenoxy) is 1. The normalized spacial score (nSPS) is 10.7. The Morgan fingerprint density at radius 3 is 2.62 bits per heavy atom. The SMILES string of the molecule is Cc1cc(NC(=O)c2cccc(COc3ccc(Br)cc3)c2)nn1Cc1ccccc1Cl. The highest BCUT2D eigenvalue weighted by Gasteiger charge is 2.12. The number of nitrogens with zero attached hydrogens (tertiary/aromatic N) is 2. The highest BCUT2D eigenvalue weighted by atomic mass is 79.9. The number of halogens is 2. The molecule has 0 aliphatic heterocycles. The first-order chi connectivity index (χ1) is 15.5. The minimum Gasteiger partial charge on any atom is -0.489 e. The zero-order chi connectivity index (χ0) is 22.5. The average Bonchev–Trinajstić information content (AvgIpc) is 3.13. The van der Waals surface area contributed by atoms with Crippen LogP contribution in [-0.2, 0) is 13.2 Å². The summed E-state index contributed by atoms with van der Waals surface area (Å²) in [4.78, 5) is 12.8. The number of aryl methyl sites for hydroxylation is 1. The molecule has 1 aromatic heterocycles. The van der Waals surface area contributed by atoms with Crippen molar-refractivity contribution in [1.29, 1.82) is 0 Å². The number of aromatic nitrogens is 2. The molecule has 0 radical (unpaired) electrons. The van der Waals surface area contributed by atoms with Gasteiger partial charge in [-0.15, -0.1) is 0 Å². The van der Waals surface area contributed by atoms with Gasteiger partial charge < -0.3 is 10.1 Å². The maximum Gasteiger partial charge on any atom is 0.256 e. The van der Waals surface area contributed by atoms with E-state index in [1.54, 1.807) is 6.07 Å². The van der Waals surface area contributed by atoms with Crippen molar-refractivity contribution in [2.45, 2.75) is 20.1 Å². The molecule has 1 N–H and O–H groups in total. The molecule has 0 aliphatic rings. The zero-order valence-corrected chi connectivity index (χ0v) is 19.7. The van der Waals surface area contributed by atoms with Gasteiger partial charge in [0.05, 0.1) is 6.54 Å². The third-order valence-corrected chi connectivity index (χ3v) is 5.81. The van der Waals surface area contributed by atoms with E-state index in [0.717, 1.165) is 27.0 Å². The van der Waals surface area contributed by atoms with Crippen molar-refractivity contribution in [3.05, 3.63) is 111 Å². The smallest absolute Gasteiger partial charge is 0.256 e. The molecule has 0 spiro atoms. The minimum atomic E-state index is -0.224. The summed E-state index contributed by atoms with van der Waals surface area (Å²) in [6, 6.07) is 24.5. The first-order valence-electron chi connectivity index (χ1n) is 10.0. The number of nitrogens with one attached hydrogen (secondary N) is 1. The van der Waals surface area contributed by atoms with Crippen LogP contribution < -0.4 is 10.1 Å². The van der Waals surface area contributed by atoms with Gasteiger partial charge in [-0.25, -0.2) is 0 Å². The lowest BCUT2D eigenvalue weighted by atomic mass is 10.1. The monoisotopic (exact) mass is 509 g/mol. The van der Waals surface area contributed by atoms with Crippen LogP contribution in [0.2, 0.25) is 5.02 Å². The number of hydrogen-bond acceptors (Lipinski definition) is 3. The van der Waals surface area contributed by atoms with Gasteiger partial charge in [0, 0.05) is 26.8 Å². The van der Waals surface area contributed by atoms with Gasteiger partial charge in [-0.3, -0.25) is 9.48 Å². The molecule has 32 heavy (non-hydrogen) atoms. The van der Waals surface area contributed by atoms with Crippen LogP contribution in [0.15, 0.2) is 83.3 Å². The van der Waals surface area contributed by atoms with E-state index < -0.39 is 0 Å². The van der Waals surface area contributed by atoms with E-state index in [4.69, 9.17) is 16.3 Å². The molecule has 0 atom stereocenters. The van der Waals surface area contributed by atoms with E-state index in [9.17, 15) is 4.79 Å². The second-order valence-electron chi connectivity index (χ2n) is 7.32. The molecular formula is C25H21BrClN3O2. The second kappa shape index (κ2) is 10.0. The lowest BCUT2D eigenvalue weighted by Gasteiger charge is -2.08. The zero-order valence-electron chi connectivity index (χ0n) is 17.4. The van der Waals surface area contributed by atoms with Gasteiger partial charge in [-0.1, -0.05) is 57.9 Å². The third-order valence-electron chi connectivity index (χ3n) is 4.91. The Balaban J connectivity index is 1.41. The molecule has 4 aromatic rings. The van der Waals surface area contributed by atoms with E-state index in [1.165, 1.54) is 0 Å². The summed E-state index contributed by atoms with van der Waals surface area (Å²) < 4.78 is 8.62. The van der Waals surface area contributed by atoms with Crippen LogP contribution in [0.25, 0.3) is 0 Å². The summed E-state index contributed by atoms with van der Waals surface area (Å²) in [5.74, 6) is 1.04. The molecule has 5 nitrogen and oxygen atoms in total. The Morgan fingerprint density at radius 2 is 1.84 bits per heavy atom. The Kier molecular flexibility index (Phi) is 6.93. The van der Waals surface area contributed by atoms with Gasteiger partial charge in [-0.05, 0) is 60.5 Å². The Bertz CT molecular complexity index is 1240. The fraction of sp³-hybridized carbons (Fsp3) is 0.120. The third kappa shape index (κ3) is 5.58. The van der Waals surface area contributed by atoms with Crippen molar-refractivity contribution >= 4 is 39.3 Å². The summed E-state index contributed by atoms with van der Waals surface area (Å²) in [6.07, 6.45) is 0. The molecule has 1 amide bonds. The lowest BCUT2D eigenvalue weighted by Crippen LogP contribution is -2.13. The Hall–Kier alpha value is -3.09. The van der Waals surface area contributed by atoms with Crippen molar-refractivity contribution in [3.63, 3.8) is 0 Å². The lowest BCUT2D eigenvalue weighted by molar-refractivity contribution is 0.102. The van der Waals surface area contributed by atoms with Crippen LogP contribution >= 0.6 is 27.5 Å². The van der Waals surface area contributed by atoms with Crippen molar-refractivity contribution in [1.82, 2.24) is 9.78 Å². The topological polar surface area (TPSA) is 56.1 Å². The molecule has 7 heteroatoms. The van der Waals surface area contributed by atoms with Crippen LogP contribution in [0.1, 0.15) is 27.2 Å². The van der Waals surface area contributed by atoms with E-state index in [-0.39, 0.29) is 5.91 Å². The first kappa shape index (κ1) is 22.1. The number of amides is 1. The van der Waals surface area contributed by atoms with Gasteiger partial charge in [-0.2, -0.15) is 5.10 Å². The van der Waals surface area contributed by atoms with Gasteiger partial charge in [0.25, 0.3) is 5.91 Å².